The molecule has 3 aromatic rings. The fourth-order valence-corrected chi connectivity index (χ4v) is 2.96. The highest BCUT2D eigenvalue weighted by molar-refractivity contribution is 7.18. The van der Waals surface area contributed by atoms with E-state index < -0.39 is 0 Å². The van der Waals surface area contributed by atoms with Crippen LogP contribution in [-0.4, -0.2) is 34.9 Å². The molecule has 0 radical (unpaired) electrons. The third-order valence-corrected chi connectivity index (χ3v) is 4.24. The van der Waals surface area contributed by atoms with Crippen molar-refractivity contribution in [1.82, 2.24) is 20.5 Å². The molecule has 0 unspecified atom stereocenters. The van der Waals surface area contributed by atoms with Crippen molar-refractivity contribution >= 4 is 22.5 Å². The summed E-state index contributed by atoms with van der Waals surface area (Å²) < 4.78 is 5.16. The Balaban J connectivity index is 1.65. The molecule has 1 atom stereocenters. The highest BCUT2D eigenvalue weighted by atomic mass is 32.1. The molecule has 7 nitrogen and oxygen atoms in total. The van der Waals surface area contributed by atoms with Crippen molar-refractivity contribution in [3.05, 3.63) is 60.4 Å². The second kappa shape index (κ2) is 8.32. The minimum absolute atomic E-state index is 0.315. The summed E-state index contributed by atoms with van der Waals surface area (Å²) in [5.74, 6) is 0. The van der Waals surface area contributed by atoms with Gasteiger partial charge in [-0.2, -0.15) is 0 Å². The Morgan fingerprint density at radius 3 is 2.68 bits per heavy atom. The highest BCUT2D eigenvalue weighted by Crippen LogP contribution is 2.25. The van der Waals surface area contributed by atoms with Gasteiger partial charge in [0.05, 0.1) is 18.3 Å². The van der Waals surface area contributed by atoms with E-state index in [-0.39, 0.29) is 12.1 Å². The Bertz CT molecular complexity index is 810. The third-order valence-electron chi connectivity index (χ3n) is 3.35. The number of carbonyl (C=O) groups excluding carboxylic acids is 1. The molecule has 8 heteroatoms. The maximum Gasteiger partial charge on any atom is 0.321 e. The number of carbonyl (C=O) groups is 1. The van der Waals surface area contributed by atoms with Crippen molar-refractivity contribution < 1.29 is 9.53 Å². The third kappa shape index (κ3) is 4.59. The largest absolute Gasteiger partial charge is 0.382 e. The van der Waals surface area contributed by atoms with E-state index >= 15 is 0 Å². The quantitative estimate of drug-likeness (QED) is 0.709. The number of methoxy groups -OCH3 is 1. The predicted molar refractivity (Wildman–Crippen MR) is 96.4 cm³/mol. The molecule has 0 saturated carbocycles. The summed E-state index contributed by atoms with van der Waals surface area (Å²) in [6, 6.07) is 14.5. The topological polar surface area (TPSA) is 89.0 Å². The number of pyridine rings is 1. The first-order chi connectivity index (χ1) is 12.3. The summed E-state index contributed by atoms with van der Waals surface area (Å²) in [7, 11) is 1.58. The van der Waals surface area contributed by atoms with Crippen LogP contribution in [0.25, 0.3) is 10.6 Å². The van der Waals surface area contributed by atoms with Gasteiger partial charge in [-0.1, -0.05) is 47.7 Å². The first kappa shape index (κ1) is 17.0. The Hall–Kier alpha value is -2.84. The molecule has 128 valence electrons. The number of aromatic nitrogens is 3. The van der Waals surface area contributed by atoms with Crippen LogP contribution in [0.5, 0.6) is 0 Å². The minimum Gasteiger partial charge on any atom is -0.382 e. The van der Waals surface area contributed by atoms with E-state index in [1.54, 1.807) is 13.3 Å². The summed E-state index contributed by atoms with van der Waals surface area (Å²) in [5, 5.41) is 14.8. The number of benzene rings is 1. The zero-order valence-corrected chi connectivity index (χ0v) is 14.4. The number of hydrogen-bond donors (Lipinski definition) is 2. The van der Waals surface area contributed by atoms with Crippen LogP contribution in [0.4, 0.5) is 9.93 Å². The number of amides is 2. The first-order valence-electron chi connectivity index (χ1n) is 7.62. The van der Waals surface area contributed by atoms with E-state index in [4.69, 9.17) is 4.74 Å². The van der Waals surface area contributed by atoms with E-state index in [1.165, 1.54) is 11.3 Å². The molecular weight excluding hydrogens is 338 g/mol. The highest BCUT2D eigenvalue weighted by Gasteiger charge is 2.17. The number of hydrogen-bond acceptors (Lipinski definition) is 6. The van der Waals surface area contributed by atoms with Gasteiger partial charge < -0.3 is 10.1 Å². The fraction of sp³-hybridized carbons (Fsp3) is 0.176. The first-order valence-corrected chi connectivity index (χ1v) is 8.44. The Morgan fingerprint density at radius 2 is 1.96 bits per heavy atom. The molecule has 0 bridgehead atoms. The Kier molecular flexibility index (Phi) is 5.65. The van der Waals surface area contributed by atoms with Gasteiger partial charge in [-0.15, -0.1) is 10.2 Å². The van der Waals surface area contributed by atoms with Crippen LogP contribution in [0.2, 0.25) is 0 Å². The van der Waals surface area contributed by atoms with Crippen LogP contribution in [-0.2, 0) is 4.74 Å². The number of nitrogens with zero attached hydrogens (tertiary/aromatic N) is 3. The molecule has 1 aromatic carbocycles. The van der Waals surface area contributed by atoms with E-state index in [1.807, 2.05) is 48.5 Å². The van der Waals surface area contributed by atoms with Gasteiger partial charge in [0.15, 0.2) is 0 Å². The summed E-state index contributed by atoms with van der Waals surface area (Å²) in [4.78, 5) is 16.5. The summed E-state index contributed by atoms with van der Waals surface area (Å²) in [5.41, 5.74) is 1.68. The second-order valence-corrected chi connectivity index (χ2v) is 6.12. The van der Waals surface area contributed by atoms with Crippen LogP contribution in [0.15, 0.2) is 54.7 Å². The molecule has 0 aliphatic rings. The van der Waals surface area contributed by atoms with Gasteiger partial charge in [0.25, 0.3) is 0 Å². The van der Waals surface area contributed by atoms with Gasteiger partial charge in [-0.25, -0.2) is 4.79 Å². The Morgan fingerprint density at radius 1 is 1.16 bits per heavy atom. The monoisotopic (exact) mass is 355 g/mol. The van der Waals surface area contributed by atoms with E-state index in [9.17, 15) is 4.79 Å². The molecule has 0 fully saturated rings. The lowest BCUT2D eigenvalue weighted by Gasteiger charge is -2.17. The number of rotatable bonds is 6. The van der Waals surface area contributed by atoms with Gasteiger partial charge in [0.2, 0.25) is 5.13 Å². The molecule has 0 saturated heterocycles. The predicted octanol–water partition coefficient (Wildman–Crippen LogP) is 3.11. The SMILES string of the molecule is COC[C@H](NC(=O)Nc1nnc(-c2ccccc2)s1)c1ccccn1. The molecule has 2 N–H and O–H groups in total. The van der Waals surface area contributed by atoms with Crippen LogP contribution in [0.3, 0.4) is 0 Å². The Labute approximate surface area is 149 Å². The number of ether oxygens (including phenoxy) is 1. The lowest BCUT2D eigenvalue weighted by Crippen LogP contribution is -2.35. The smallest absolute Gasteiger partial charge is 0.321 e. The average Bonchev–Trinajstić information content (AvgIpc) is 3.11. The van der Waals surface area contributed by atoms with Crippen LogP contribution >= 0.6 is 11.3 Å². The maximum atomic E-state index is 12.3. The molecule has 3 rings (SSSR count). The molecule has 0 aliphatic carbocycles. The van der Waals surface area contributed by atoms with Crippen LogP contribution < -0.4 is 10.6 Å². The van der Waals surface area contributed by atoms with Crippen molar-refractivity contribution in [3.63, 3.8) is 0 Å². The number of urea groups is 1. The molecule has 2 heterocycles. The van der Waals surface area contributed by atoms with Gasteiger partial charge >= 0.3 is 6.03 Å². The molecule has 25 heavy (non-hydrogen) atoms. The van der Waals surface area contributed by atoms with E-state index in [0.29, 0.717) is 11.7 Å². The van der Waals surface area contributed by atoms with Crippen molar-refractivity contribution in [2.24, 2.45) is 0 Å². The minimum atomic E-state index is -0.386. The van der Waals surface area contributed by atoms with Crippen molar-refractivity contribution in [1.29, 1.82) is 0 Å². The average molecular weight is 355 g/mol. The van der Waals surface area contributed by atoms with E-state index in [2.05, 4.69) is 25.8 Å². The summed E-state index contributed by atoms with van der Waals surface area (Å²) in [6.45, 7) is 0.315. The fourth-order valence-electron chi connectivity index (χ4n) is 2.21. The number of anilines is 1. The zero-order chi connectivity index (χ0) is 17.5. The van der Waals surface area contributed by atoms with Gasteiger partial charge in [0, 0.05) is 18.9 Å². The second-order valence-electron chi connectivity index (χ2n) is 5.14. The molecular formula is C17H17N5O2S. The van der Waals surface area contributed by atoms with Crippen molar-refractivity contribution in [3.8, 4) is 10.6 Å². The van der Waals surface area contributed by atoms with E-state index in [0.717, 1.165) is 16.3 Å². The summed E-state index contributed by atoms with van der Waals surface area (Å²) >= 11 is 1.31. The standard InChI is InChI=1S/C17H17N5O2S/c1-24-11-14(13-9-5-6-10-18-13)19-16(23)20-17-22-21-15(25-17)12-7-3-2-4-8-12/h2-10,14H,11H2,1H3,(H2,19,20,22,23)/t14-/m0/s1. The lowest BCUT2D eigenvalue weighted by molar-refractivity contribution is 0.166. The van der Waals surface area contributed by atoms with Crippen molar-refractivity contribution in [2.45, 2.75) is 6.04 Å². The van der Waals surface area contributed by atoms with Gasteiger partial charge in [-0.3, -0.25) is 10.3 Å². The van der Waals surface area contributed by atoms with Crippen LogP contribution in [0, 0.1) is 0 Å². The number of nitrogens with one attached hydrogen (secondary N) is 2. The summed E-state index contributed by atoms with van der Waals surface area (Å²) in [6.07, 6.45) is 1.68. The molecule has 2 amide bonds. The molecule has 0 spiro atoms. The van der Waals surface area contributed by atoms with Gasteiger partial charge in [0.1, 0.15) is 5.01 Å². The van der Waals surface area contributed by atoms with Gasteiger partial charge in [-0.05, 0) is 12.1 Å². The molecule has 2 aromatic heterocycles. The zero-order valence-electron chi connectivity index (χ0n) is 13.5. The maximum absolute atomic E-state index is 12.3. The van der Waals surface area contributed by atoms with Crippen molar-refractivity contribution in [2.75, 3.05) is 19.0 Å². The van der Waals surface area contributed by atoms with Crippen LogP contribution in [0.1, 0.15) is 11.7 Å². The molecule has 0 aliphatic heterocycles. The normalized spacial score (nSPS) is 11.7. The lowest BCUT2D eigenvalue weighted by atomic mass is 10.2.